The van der Waals surface area contributed by atoms with Crippen molar-refractivity contribution in [1.82, 2.24) is 10.2 Å². The summed E-state index contributed by atoms with van der Waals surface area (Å²) in [6.45, 7) is 0.527. The summed E-state index contributed by atoms with van der Waals surface area (Å²) in [5.74, 6) is -0.316. The molecule has 2 rings (SSSR count). The number of methoxy groups -OCH3 is 1. The molecule has 0 aliphatic carbocycles. The highest BCUT2D eigenvalue weighted by atomic mass is 19.1. The van der Waals surface area contributed by atoms with Crippen LogP contribution in [-0.2, 0) is 6.54 Å². The smallest absolute Gasteiger partial charge is 0.167 e. The van der Waals surface area contributed by atoms with E-state index in [2.05, 4.69) is 15.5 Å². The fourth-order valence-corrected chi connectivity index (χ4v) is 1.45. The van der Waals surface area contributed by atoms with Crippen LogP contribution >= 0.6 is 0 Å². The number of ether oxygens (including phenoxy) is 1. The number of hydrogen-bond acceptors (Lipinski definition) is 4. The van der Waals surface area contributed by atoms with Crippen LogP contribution < -0.4 is 15.8 Å². The van der Waals surface area contributed by atoms with Crippen molar-refractivity contribution in [2.45, 2.75) is 6.54 Å². The summed E-state index contributed by atoms with van der Waals surface area (Å²) in [6, 6.07) is 4.60. The van der Waals surface area contributed by atoms with E-state index in [0.29, 0.717) is 17.9 Å². The molecule has 0 spiro atoms. The summed E-state index contributed by atoms with van der Waals surface area (Å²) in [4.78, 5) is 0. The largest absolute Gasteiger partial charge is 0.494 e. The van der Waals surface area contributed by atoms with Gasteiger partial charge in [0.2, 0.25) is 0 Å². The van der Waals surface area contributed by atoms with Gasteiger partial charge in [-0.05, 0) is 6.07 Å². The van der Waals surface area contributed by atoms with Crippen molar-refractivity contribution in [1.29, 1.82) is 0 Å². The summed E-state index contributed by atoms with van der Waals surface area (Å²) >= 11 is 0. The Labute approximate surface area is 97.8 Å². The molecular weight excluding hydrogens is 223 g/mol. The number of H-pyrrole nitrogens is 1. The third-order valence-electron chi connectivity index (χ3n) is 2.35. The molecule has 5 nitrogen and oxygen atoms in total. The number of rotatable bonds is 4. The van der Waals surface area contributed by atoms with E-state index in [4.69, 9.17) is 10.5 Å². The molecule has 17 heavy (non-hydrogen) atoms. The van der Waals surface area contributed by atoms with E-state index in [-0.39, 0.29) is 5.75 Å². The van der Waals surface area contributed by atoms with Crippen molar-refractivity contribution in [3.8, 4) is 5.75 Å². The zero-order valence-electron chi connectivity index (χ0n) is 9.33. The van der Waals surface area contributed by atoms with Gasteiger partial charge in [0.15, 0.2) is 11.6 Å². The third-order valence-corrected chi connectivity index (χ3v) is 2.35. The molecule has 2 aromatic rings. The first-order valence-corrected chi connectivity index (χ1v) is 5.06. The van der Waals surface area contributed by atoms with Crippen molar-refractivity contribution in [2.24, 2.45) is 0 Å². The van der Waals surface area contributed by atoms with Crippen LogP contribution in [0.1, 0.15) is 5.69 Å². The lowest BCUT2D eigenvalue weighted by molar-refractivity contribution is 0.387. The minimum absolute atomic E-state index is 0.159. The lowest BCUT2D eigenvalue weighted by atomic mass is 10.2. The molecule has 0 aliphatic heterocycles. The van der Waals surface area contributed by atoms with Crippen LogP contribution in [0.25, 0.3) is 0 Å². The average molecular weight is 236 g/mol. The number of nitrogen functional groups attached to an aromatic ring is 1. The van der Waals surface area contributed by atoms with E-state index >= 15 is 0 Å². The number of nitrogens with two attached hydrogens (primary N) is 1. The molecule has 0 atom stereocenters. The van der Waals surface area contributed by atoms with Gasteiger partial charge >= 0.3 is 0 Å². The van der Waals surface area contributed by atoms with Gasteiger partial charge < -0.3 is 15.8 Å². The lowest BCUT2D eigenvalue weighted by Gasteiger charge is -2.11. The van der Waals surface area contributed by atoms with Crippen LogP contribution in [-0.4, -0.2) is 17.3 Å². The van der Waals surface area contributed by atoms with Crippen molar-refractivity contribution in [2.75, 3.05) is 18.2 Å². The van der Waals surface area contributed by atoms with Gasteiger partial charge in [-0.2, -0.15) is 5.10 Å². The molecule has 0 unspecified atom stereocenters. The summed E-state index contributed by atoms with van der Waals surface area (Å²) in [7, 11) is 1.41. The Bertz CT molecular complexity index is 498. The summed E-state index contributed by atoms with van der Waals surface area (Å²) in [5, 5.41) is 9.71. The van der Waals surface area contributed by atoms with E-state index in [9.17, 15) is 4.39 Å². The summed E-state index contributed by atoms with van der Waals surface area (Å²) in [6.07, 6.45) is 1.66. The second-order valence-corrected chi connectivity index (χ2v) is 3.51. The monoisotopic (exact) mass is 236 g/mol. The van der Waals surface area contributed by atoms with Crippen LogP contribution in [0.5, 0.6) is 5.75 Å². The Hall–Kier alpha value is -2.24. The first-order chi connectivity index (χ1) is 8.20. The topological polar surface area (TPSA) is 76.0 Å². The van der Waals surface area contributed by atoms with Gasteiger partial charge in [0.05, 0.1) is 30.7 Å². The van der Waals surface area contributed by atoms with Gasteiger partial charge in [0.25, 0.3) is 0 Å². The molecule has 0 saturated heterocycles. The second-order valence-electron chi connectivity index (χ2n) is 3.51. The lowest BCUT2D eigenvalue weighted by Crippen LogP contribution is -2.04. The fourth-order valence-electron chi connectivity index (χ4n) is 1.45. The van der Waals surface area contributed by atoms with Crippen LogP contribution in [0.3, 0.4) is 0 Å². The Balaban J connectivity index is 2.15. The van der Waals surface area contributed by atoms with Crippen molar-refractivity contribution in [3.05, 3.63) is 35.9 Å². The average Bonchev–Trinajstić information content (AvgIpc) is 2.81. The first kappa shape index (κ1) is 11.3. The summed E-state index contributed by atoms with van der Waals surface area (Å²) in [5.41, 5.74) is 7.57. The Morgan fingerprint density at radius 1 is 1.53 bits per heavy atom. The Morgan fingerprint density at radius 2 is 2.35 bits per heavy atom. The maximum absolute atomic E-state index is 13.3. The van der Waals surface area contributed by atoms with Crippen LogP contribution in [0.4, 0.5) is 15.8 Å². The standard InChI is InChI=1S/C11H13FN4O/c1-17-11-5-10(9(13)4-8(11)12)14-6-7-2-3-15-16-7/h2-5,14H,6,13H2,1H3,(H,15,16). The molecular formula is C11H13FN4O. The number of nitrogens with zero attached hydrogens (tertiary/aromatic N) is 1. The predicted molar refractivity (Wildman–Crippen MR) is 63.3 cm³/mol. The molecule has 0 amide bonds. The SMILES string of the molecule is COc1cc(NCc2ccn[nH]2)c(N)cc1F. The first-order valence-electron chi connectivity index (χ1n) is 5.06. The molecule has 1 heterocycles. The highest BCUT2D eigenvalue weighted by molar-refractivity contribution is 5.68. The van der Waals surface area contributed by atoms with E-state index in [0.717, 1.165) is 5.69 Å². The highest BCUT2D eigenvalue weighted by Gasteiger charge is 2.08. The molecule has 0 bridgehead atoms. The van der Waals surface area contributed by atoms with E-state index in [1.807, 2.05) is 6.07 Å². The van der Waals surface area contributed by atoms with E-state index in [1.54, 1.807) is 6.20 Å². The molecule has 0 fully saturated rings. The van der Waals surface area contributed by atoms with Crippen LogP contribution in [0.15, 0.2) is 24.4 Å². The number of aromatic amines is 1. The highest BCUT2D eigenvalue weighted by Crippen LogP contribution is 2.28. The predicted octanol–water partition coefficient (Wildman–Crippen LogP) is 1.75. The molecule has 90 valence electrons. The van der Waals surface area contributed by atoms with Gasteiger partial charge in [-0.1, -0.05) is 0 Å². The van der Waals surface area contributed by atoms with Gasteiger partial charge in [0, 0.05) is 18.3 Å². The molecule has 0 aliphatic rings. The second kappa shape index (κ2) is 4.73. The molecule has 4 N–H and O–H groups in total. The third kappa shape index (κ3) is 2.47. The number of nitrogens with one attached hydrogen (secondary N) is 2. The number of hydrogen-bond donors (Lipinski definition) is 3. The van der Waals surface area contributed by atoms with Crippen LogP contribution in [0.2, 0.25) is 0 Å². The van der Waals surface area contributed by atoms with Gasteiger partial charge in [-0.25, -0.2) is 4.39 Å². The zero-order valence-corrected chi connectivity index (χ0v) is 9.33. The number of benzene rings is 1. The summed E-state index contributed by atoms with van der Waals surface area (Å²) < 4.78 is 18.2. The quantitative estimate of drug-likeness (QED) is 0.707. The zero-order chi connectivity index (χ0) is 12.3. The van der Waals surface area contributed by atoms with Crippen molar-refractivity contribution >= 4 is 11.4 Å². The molecule has 6 heteroatoms. The van der Waals surface area contributed by atoms with Gasteiger partial charge in [-0.15, -0.1) is 0 Å². The maximum atomic E-state index is 13.3. The minimum atomic E-state index is -0.475. The van der Waals surface area contributed by atoms with Gasteiger partial charge in [-0.3, -0.25) is 5.10 Å². The van der Waals surface area contributed by atoms with Crippen LogP contribution in [0, 0.1) is 5.82 Å². The minimum Gasteiger partial charge on any atom is -0.494 e. The van der Waals surface area contributed by atoms with Gasteiger partial charge in [0.1, 0.15) is 0 Å². The Kier molecular flexibility index (Phi) is 3.13. The fraction of sp³-hybridized carbons (Fsp3) is 0.182. The number of aromatic nitrogens is 2. The normalized spacial score (nSPS) is 10.2. The van der Waals surface area contributed by atoms with E-state index in [1.165, 1.54) is 19.2 Å². The number of anilines is 2. The van der Waals surface area contributed by atoms with E-state index < -0.39 is 5.82 Å². The maximum Gasteiger partial charge on any atom is 0.167 e. The molecule has 1 aromatic heterocycles. The molecule has 0 saturated carbocycles. The molecule has 0 radical (unpaired) electrons. The Morgan fingerprint density at radius 3 is 3.00 bits per heavy atom. The number of halogens is 1. The molecule has 1 aromatic carbocycles. The van der Waals surface area contributed by atoms with Crippen molar-refractivity contribution in [3.63, 3.8) is 0 Å². The van der Waals surface area contributed by atoms with Crippen molar-refractivity contribution < 1.29 is 9.13 Å².